The highest BCUT2D eigenvalue weighted by Crippen LogP contribution is 2.38. The van der Waals surface area contributed by atoms with Gasteiger partial charge in [0.2, 0.25) is 17.6 Å². The summed E-state index contributed by atoms with van der Waals surface area (Å²) in [6, 6.07) is 3.62. The summed E-state index contributed by atoms with van der Waals surface area (Å²) in [6.07, 6.45) is 0.628. The molecule has 1 aromatic heterocycles. The molecule has 0 aliphatic rings. The molecule has 0 saturated carbocycles. The van der Waals surface area contributed by atoms with Gasteiger partial charge in [0, 0.05) is 31.0 Å². The van der Waals surface area contributed by atoms with Crippen LogP contribution in [0.2, 0.25) is 5.02 Å². The Labute approximate surface area is 175 Å². The Morgan fingerprint density at radius 1 is 1.32 bits per heavy atom. The van der Waals surface area contributed by atoms with E-state index in [9.17, 15) is 4.79 Å². The summed E-state index contributed by atoms with van der Waals surface area (Å²) in [4.78, 5) is 16.2. The summed E-state index contributed by atoms with van der Waals surface area (Å²) >= 11 is 6.21. The van der Waals surface area contributed by atoms with Crippen molar-refractivity contribution in [1.82, 2.24) is 20.8 Å². The number of nitrogens with one attached hydrogen (secondary N) is 2. The zero-order valence-corrected chi connectivity index (χ0v) is 17.9. The number of amides is 1. The molecule has 0 radical (unpaired) electrons. The maximum atomic E-state index is 11.9. The van der Waals surface area contributed by atoms with Crippen LogP contribution in [0.15, 0.2) is 16.7 Å². The molecule has 0 bridgehead atoms. The number of benzene rings is 1. The summed E-state index contributed by atoms with van der Waals surface area (Å²) in [5, 5.41) is 10.4. The van der Waals surface area contributed by atoms with Gasteiger partial charge in [0.1, 0.15) is 0 Å². The average Bonchev–Trinajstić information content (AvgIpc) is 3.13. The number of rotatable bonds is 10. The second-order valence-electron chi connectivity index (χ2n) is 5.97. The molecular weight excluding hydrogens is 407 g/mol. The van der Waals surface area contributed by atoms with E-state index in [1.807, 2.05) is 13.8 Å². The number of carbonyl (C=O) groups excluding carboxylic acids is 1. The van der Waals surface area contributed by atoms with Crippen LogP contribution in [0.1, 0.15) is 26.2 Å². The Balaban J connectivity index is 0.00000392. The number of methoxy groups -OCH3 is 2. The zero-order chi connectivity index (χ0) is 19.8. The predicted molar refractivity (Wildman–Crippen MR) is 110 cm³/mol. The molecule has 0 aliphatic heterocycles. The number of hydrogen-bond acceptors (Lipinski definition) is 7. The van der Waals surface area contributed by atoms with Gasteiger partial charge in [-0.25, -0.2) is 0 Å². The molecule has 2 rings (SSSR count). The first kappa shape index (κ1) is 24.0. The van der Waals surface area contributed by atoms with E-state index in [1.54, 1.807) is 12.1 Å². The van der Waals surface area contributed by atoms with Crippen LogP contribution >= 0.6 is 24.0 Å². The highest BCUT2D eigenvalue weighted by atomic mass is 35.5. The van der Waals surface area contributed by atoms with Gasteiger partial charge in [-0.2, -0.15) is 4.98 Å². The molecule has 2 N–H and O–H groups in total. The monoisotopic (exact) mass is 432 g/mol. The van der Waals surface area contributed by atoms with Crippen LogP contribution in [0.5, 0.6) is 11.5 Å². The Kier molecular flexibility index (Phi) is 10.1. The Hall–Kier alpha value is -2.03. The van der Waals surface area contributed by atoms with Gasteiger partial charge < -0.3 is 24.6 Å². The molecule has 0 unspecified atom stereocenters. The van der Waals surface area contributed by atoms with Crippen LogP contribution in [0, 0.1) is 0 Å². The lowest BCUT2D eigenvalue weighted by atomic mass is 10.2. The molecule has 28 heavy (non-hydrogen) atoms. The molecule has 0 fully saturated rings. The lowest BCUT2D eigenvalue weighted by Crippen LogP contribution is -2.38. The highest BCUT2D eigenvalue weighted by Gasteiger charge is 2.16. The Morgan fingerprint density at radius 2 is 2.07 bits per heavy atom. The molecule has 1 amide bonds. The zero-order valence-electron chi connectivity index (χ0n) is 16.4. The van der Waals surface area contributed by atoms with Gasteiger partial charge in [-0.1, -0.05) is 23.7 Å². The topological polar surface area (TPSA) is 98.5 Å². The van der Waals surface area contributed by atoms with E-state index in [-0.39, 0.29) is 30.8 Å². The van der Waals surface area contributed by atoms with Gasteiger partial charge >= 0.3 is 0 Å². The molecule has 8 nitrogen and oxygen atoms in total. The first-order chi connectivity index (χ1) is 13.0. The van der Waals surface area contributed by atoms with Crippen molar-refractivity contribution in [3.63, 3.8) is 0 Å². The molecule has 10 heteroatoms. The van der Waals surface area contributed by atoms with Gasteiger partial charge in [0.15, 0.2) is 11.5 Å². The van der Waals surface area contributed by atoms with Crippen LogP contribution < -0.4 is 20.1 Å². The van der Waals surface area contributed by atoms with Crippen LogP contribution in [0.25, 0.3) is 11.4 Å². The number of halogens is 2. The number of likely N-dealkylation sites (N-methyl/N-ethyl adjacent to an activating group) is 1. The van der Waals surface area contributed by atoms with E-state index in [0.29, 0.717) is 46.8 Å². The lowest BCUT2D eigenvalue weighted by molar-refractivity contribution is -0.121. The maximum absolute atomic E-state index is 11.9. The van der Waals surface area contributed by atoms with Crippen molar-refractivity contribution in [2.24, 2.45) is 0 Å². The molecule has 156 valence electrons. The summed E-state index contributed by atoms with van der Waals surface area (Å²) in [6.45, 7) is 5.48. The molecule has 2 aromatic rings. The minimum Gasteiger partial charge on any atom is -0.493 e. The van der Waals surface area contributed by atoms with Gasteiger partial charge in [-0.3, -0.25) is 4.79 Å². The largest absolute Gasteiger partial charge is 0.493 e. The fraction of sp³-hybridized carbons (Fsp3) is 0.500. The number of aromatic nitrogens is 2. The summed E-state index contributed by atoms with van der Waals surface area (Å²) < 4.78 is 15.7. The van der Waals surface area contributed by atoms with Crippen molar-refractivity contribution in [3.05, 3.63) is 23.0 Å². The summed E-state index contributed by atoms with van der Waals surface area (Å²) in [5.41, 5.74) is 0.636. The van der Waals surface area contributed by atoms with E-state index in [2.05, 4.69) is 20.8 Å². The third-order valence-corrected chi connectivity index (χ3v) is 4.16. The van der Waals surface area contributed by atoms with E-state index in [0.717, 1.165) is 6.54 Å². The van der Waals surface area contributed by atoms with Crippen molar-refractivity contribution in [3.8, 4) is 22.9 Å². The molecular formula is C18H26Cl2N4O4. The van der Waals surface area contributed by atoms with Crippen LogP contribution in [0.3, 0.4) is 0 Å². The number of hydrogen-bond donors (Lipinski definition) is 2. The van der Waals surface area contributed by atoms with E-state index < -0.39 is 0 Å². The van der Waals surface area contributed by atoms with E-state index in [1.165, 1.54) is 14.2 Å². The van der Waals surface area contributed by atoms with Crippen LogP contribution in [0.4, 0.5) is 0 Å². The molecule has 1 aromatic carbocycles. The molecule has 0 saturated heterocycles. The van der Waals surface area contributed by atoms with E-state index in [4.69, 9.17) is 25.6 Å². The highest BCUT2D eigenvalue weighted by molar-refractivity contribution is 6.32. The predicted octanol–water partition coefficient (Wildman–Crippen LogP) is 2.88. The molecule has 0 spiro atoms. The van der Waals surface area contributed by atoms with Crippen molar-refractivity contribution in [2.45, 2.75) is 32.7 Å². The number of ether oxygens (including phenoxy) is 2. The SMILES string of the molecule is CCN[C@H](C)CNC(=O)CCc1nc(-c2cc(Cl)c(OC)c(OC)c2)no1.Cl. The third kappa shape index (κ3) is 6.54. The van der Waals surface area contributed by atoms with E-state index >= 15 is 0 Å². The third-order valence-electron chi connectivity index (χ3n) is 3.88. The number of aryl methyl sites for hydroxylation is 1. The smallest absolute Gasteiger partial charge is 0.227 e. The molecule has 1 heterocycles. The second-order valence-corrected chi connectivity index (χ2v) is 6.38. The fourth-order valence-electron chi connectivity index (χ4n) is 2.52. The standard InChI is InChI=1S/C18H25ClN4O4.ClH/c1-5-20-11(2)10-21-15(24)6-7-16-22-18(23-27-16)12-8-13(19)17(26-4)14(9-12)25-3;/h8-9,11,20H,5-7,10H2,1-4H3,(H,21,24);1H/t11-;/m1./s1. The Bertz CT molecular complexity index is 770. The molecule has 1 atom stereocenters. The van der Waals surface area contributed by atoms with Crippen molar-refractivity contribution in [2.75, 3.05) is 27.3 Å². The minimum atomic E-state index is -0.0614. The van der Waals surface area contributed by atoms with Crippen molar-refractivity contribution < 1.29 is 18.8 Å². The van der Waals surface area contributed by atoms with Gasteiger partial charge in [-0.15, -0.1) is 12.4 Å². The first-order valence-electron chi connectivity index (χ1n) is 8.73. The van der Waals surface area contributed by atoms with Gasteiger partial charge in [-0.05, 0) is 25.6 Å². The fourth-order valence-corrected chi connectivity index (χ4v) is 2.80. The van der Waals surface area contributed by atoms with Crippen LogP contribution in [-0.4, -0.2) is 49.4 Å². The van der Waals surface area contributed by atoms with Gasteiger partial charge in [0.25, 0.3) is 0 Å². The normalized spacial score (nSPS) is 11.5. The molecule has 0 aliphatic carbocycles. The second kappa shape index (κ2) is 11.7. The first-order valence-corrected chi connectivity index (χ1v) is 9.10. The van der Waals surface area contributed by atoms with Crippen molar-refractivity contribution >= 4 is 29.9 Å². The minimum absolute atomic E-state index is 0. The average molecular weight is 433 g/mol. The number of nitrogens with zero attached hydrogens (tertiary/aromatic N) is 2. The maximum Gasteiger partial charge on any atom is 0.227 e. The lowest BCUT2D eigenvalue weighted by Gasteiger charge is -2.12. The van der Waals surface area contributed by atoms with Crippen LogP contribution in [-0.2, 0) is 11.2 Å². The van der Waals surface area contributed by atoms with Gasteiger partial charge in [0.05, 0.1) is 19.2 Å². The quantitative estimate of drug-likeness (QED) is 0.595. The van der Waals surface area contributed by atoms with Crippen molar-refractivity contribution in [1.29, 1.82) is 0 Å². The summed E-state index contributed by atoms with van der Waals surface area (Å²) in [5.74, 6) is 1.60. The summed E-state index contributed by atoms with van der Waals surface area (Å²) in [7, 11) is 3.04. The Morgan fingerprint density at radius 3 is 2.71 bits per heavy atom. The number of carbonyl (C=O) groups is 1.